The molecule has 0 aliphatic heterocycles. The van der Waals surface area contributed by atoms with Gasteiger partial charge in [-0.15, -0.1) is 11.3 Å². The molecule has 1 atom stereocenters. The normalized spacial score (nSPS) is 13.4. The van der Waals surface area contributed by atoms with Crippen molar-refractivity contribution in [3.8, 4) is 0 Å². The number of hydrogen-bond acceptors (Lipinski definition) is 4. The molecule has 0 spiro atoms. The molecule has 0 fully saturated rings. The van der Waals surface area contributed by atoms with E-state index < -0.39 is 0 Å². The van der Waals surface area contributed by atoms with Crippen molar-refractivity contribution < 1.29 is 0 Å². The van der Waals surface area contributed by atoms with E-state index in [1.54, 1.807) is 11.3 Å². The van der Waals surface area contributed by atoms with Crippen LogP contribution < -0.4 is 11.1 Å². The Hall–Kier alpha value is -0.450. The van der Waals surface area contributed by atoms with E-state index in [2.05, 4.69) is 29.5 Å². The first-order chi connectivity index (χ1) is 7.13. The van der Waals surface area contributed by atoms with Gasteiger partial charge >= 0.3 is 0 Å². The Morgan fingerprint density at radius 1 is 1.53 bits per heavy atom. The molecule has 0 saturated heterocycles. The Kier molecular flexibility index (Phi) is 5.22. The van der Waals surface area contributed by atoms with Crippen LogP contribution in [0, 0.1) is 18.8 Å². The summed E-state index contributed by atoms with van der Waals surface area (Å²) >= 11 is 1.71. The maximum atomic E-state index is 5.70. The number of thiazole rings is 1. The van der Waals surface area contributed by atoms with Gasteiger partial charge < -0.3 is 11.1 Å². The highest BCUT2D eigenvalue weighted by Gasteiger charge is 2.10. The van der Waals surface area contributed by atoms with E-state index in [4.69, 9.17) is 5.73 Å². The minimum Gasteiger partial charge on any atom is -0.330 e. The van der Waals surface area contributed by atoms with Crippen LogP contribution in [0.3, 0.4) is 0 Å². The number of aryl methyl sites for hydroxylation is 1. The van der Waals surface area contributed by atoms with Crippen LogP contribution in [-0.4, -0.2) is 18.1 Å². The molecule has 0 aromatic carbocycles. The fourth-order valence-electron chi connectivity index (χ4n) is 1.44. The molecule has 1 aromatic rings. The van der Waals surface area contributed by atoms with E-state index in [0.29, 0.717) is 11.8 Å². The maximum Gasteiger partial charge on any atom is 0.107 e. The molecule has 1 aromatic heterocycles. The average Bonchev–Trinajstić information content (AvgIpc) is 2.58. The van der Waals surface area contributed by atoms with Crippen LogP contribution in [-0.2, 0) is 6.54 Å². The minimum atomic E-state index is 0.561. The van der Waals surface area contributed by atoms with Crippen LogP contribution >= 0.6 is 11.3 Å². The lowest BCUT2D eigenvalue weighted by atomic mass is 9.96. The van der Waals surface area contributed by atoms with Crippen LogP contribution in [0.25, 0.3) is 0 Å². The molecule has 3 nitrogen and oxygen atoms in total. The molecule has 1 heterocycles. The van der Waals surface area contributed by atoms with Crippen molar-refractivity contribution >= 4 is 11.3 Å². The third-order valence-corrected chi connectivity index (χ3v) is 3.56. The van der Waals surface area contributed by atoms with Gasteiger partial charge in [0.2, 0.25) is 0 Å². The SMILES string of the molecule is Cc1csc(CNCC(CN)C(C)C)n1. The van der Waals surface area contributed by atoms with Crippen LogP contribution in [0.2, 0.25) is 0 Å². The predicted octanol–water partition coefficient (Wildman–Crippen LogP) is 1.77. The van der Waals surface area contributed by atoms with Gasteiger partial charge in [0.1, 0.15) is 5.01 Å². The van der Waals surface area contributed by atoms with E-state index in [9.17, 15) is 0 Å². The molecular weight excluding hydrogens is 206 g/mol. The van der Waals surface area contributed by atoms with Gasteiger partial charge in [-0.2, -0.15) is 0 Å². The topological polar surface area (TPSA) is 50.9 Å². The van der Waals surface area contributed by atoms with Crippen LogP contribution in [0.4, 0.5) is 0 Å². The van der Waals surface area contributed by atoms with Gasteiger partial charge in [-0.3, -0.25) is 0 Å². The maximum absolute atomic E-state index is 5.70. The Bertz CT molecular complexity index is 283. The van der Waals surface area contributed by atoms with E-state index in [0.717, 1.165) is 30.3 Å². The first-order valence-electron chi connectivity index (χ1n) is 5.45. The summed E-state index contributed by atoms with van der Waals surface area (Å²) in [6.07, 6.45) is 0. The van der Waals surface area contributed by atoms with Gasteiger partial charge in [0.05, 0.1) is 0 Å². The van der Waals surface area contributed by atoms with Crippen molar-refractivity contribution in [3.05, 3.63) is 16.1 Å². The highest BCUT2D eigenvalue weighted by Crippen LogP contribution is 2.10. The summed E-state index contributed by atoms with van der Waals surface area (Å²) in [5, 5.41) is 6.66. The van der Waals surface area contributed by atoms with E-state index >= 15 is 0 Å². The van der Waals surface area contributed by atoms with Crippen molar-refractivity contribution in [1.29, 1.82) is 0 Å². The second-order valence-electron chi connectivity index (χ2n) is 4.25. The second-order valence-corrected chi connectivity index (χ2v) is 5.20. The highest BCUT2D eigenvalue weighted by molar-refractivity contribution is 7.09. The number of rotatable bonds is 6. The molecule has 0 radical (unpaired) electrons. The fourth-order valence-corrected chi connectivity index (χ4v) is 2.18. The Morgan fingerprint density at radius 2 is 2.27 bits per heavy atom. The first-order valence-corrected chi connectivity index (χ1v) is 6.33. The smallest absolute Gasteiger partial charge is 0.107 e. The molecule has 0 aliphatic carbocycles. The summed E-state index contributed by atoms with van der Waals surface area (Å²) < 4.78 is 0. The van der Waals surface area contributed by atoms with Gasteiger partial charge in [0.15, 0.2) is 0 Å². The molecule has 0 saturated carbocycles. The summed E-state index contributed by atoms with van der Waals surface area (Å²) in [6, 6.07) is 0. The summed E-state index contributed by atoms with van der Waals surface area (Å²) in [6.45, 7) is 9.05. The second kappa shape index (κ2) is 6.20. The van der Waals surface area contributed by atoms with Crippen molar-refractivity contribution in [1.82, 2.24) is 10.3 Å². The molecule has 0 aliphatic rings. The standard InChI is InChI=1S/C11H21N3S/c1-8(2)10(4-12)5-13-6-11-14-9(3)7-15-11/h7-8,10,13H,4-6,12H2,1-3H3. The van der Waals surface area contributed by atoms with Gasteiger partial charge in [0, 0.05) is 17.6 Å². The summed E-state index contributed by atoms with van der Waals surface area (Å²) in [7, 11) is 0. The number of nitrogens with two attached hydrogens (primary N) is 1. The molecular formula is C11H21N3S. The predicted molar refractivity (Wildman–Crippen MR) is 65.9 cm³/mol. The van der Waals surface area contributed by atoms with E-state index in [-0.39, 0.29) is 0 Å². The van der Waals surface area contributed by atoms with Crippen molar-refractivity contribution in [2.45, 2.75) is 27.3 Å². The number of nitrogens with zero attached hydrogens (tertiary/aromatic N) is 1. The largest absolute Gasteiger partial charge is 0.330 e. The van der Waals surface area contributed by atoms with Gasteiger partial charge in [-0.25, -0.2) is 4.98 Å². The molecule has 1 rings (SSSR count). The van der Waals surface area contributed by atoms with Gasteiger partial charge in [-0.1, -0.05) is 13.8 Å². The first kappa shape index (κ1) is 12.6. The van der Waals surface area contributed by atoms with Crippen LogP contribution in [0.1, 0.15) is 24.5 Å². The van der Waals surface area contributed by atoms with E-state index in [1.807, 2.05) is 6.92 Å². The molecule has 86 valence electrons. The third-order valence-electron chi connectivity index (χ3n) is 2.59. The summed E-state index contributed by atoms with van der Waals surface area (Å²) in [4.78, 5) is 4.40. The van der Waals surface area contributed by atoms with Crippen molar-refractivity contribution in [2.24, 2.45) is 17.6 Å². The lowest BCUT2D eigenvalue weighted by molar-refractivity contribution is 0.370. The molecule has 4 heteroatoms. The van der Waals surface area contributed by atoms with Gasteiger partial charge in [-0.05, 0) is 31.8 Å². The molecule has 1 unspecified atom stereocenters. The highest BCUT2D eigenvalue weighted by atomic mass is 32.1. The van der Waals surface area contributed by atoms with Crippen LogP contribution in [0.15, 0.2) is 5.38 Å². The number of aromatic nitrogens is 1. The van der Waals surface area contributed by atoms with Crippen molar-refractivity contribution in [2.75, 3.05) is 13.1 Å². The summed E-state index contributed by atoms with van der Waals surface area (Å²) in [5.74, 6) is 1.20. The number of nitrogens with one attached hydrogen (secondary N) is 1. The van der Waals surface area contributed by atoms with Crippen LogP contribution in [0.5, 0.6) is 0 Å². The Labute approximate surface area is 96.1 Å². The third kappa shape index (κ3) is 4.28. The number of hydrogen-bond donors (Lipinski definition) is 2. The zero-order chi connectivity index (χ0) is 11.3. The molecule has 0 amide bonds. The fraction of sp³-hybridized carbons (Fsp3) is 0.727. The quantitative estimate of drug-likeness (QED) is 0.779. The van der Waals surface area contributed by atoms with Crippen molar-refractivity contribution in [3.63, 3.8) is 0 Å². The van der Waals surface area contributed by atoms with Gasteiger partial charge in [0.25, 0.3) is 0 Å². The zero-order valence-electron chi connectivity index (χ0n) is 9.79. The monoisotopic (exact) mass is 227 g/mol. The lowest BCUT2D eigenvalue weighted by Gasteiger charge is -2.18. The lowest BCUT2D eigenvalue weighted by Crippen LogP contribution is -2.31. The average molecular weight is 227 g/mol. The van der Waals surface area contributed by atoms with E-state index in [1.165, 1.54) is 0 Å². The molecule has 15 heavy (non-hydrogen) atoms. The Balaban J connectivity index is 2.26. The zero-order valence-corrected chi connectivity index (χ0v) is 10.6. The Morgan fingerprint density at radius 3 is 2.73 bits per heavy atom. The molecule has 3 N–H and O–H groups in total. The summed E-state index contributed by atoms with van der Waals surface area (Å²) in [5.41, 5.74) is 6.81. The molecule has 0 bridgehead atoms. The minimum absolute atomic E-state index is 0.561.